The van der Waals surface area contributed by atoms with Crippen LogP contribution >= 0.6 is 22.9 Å². The predicted molar refractivity (Wildman–Crippen MR) is 118 cm³/mol. The first-order chi connectivity index (χ1) is 14.2. The Morgan fingerprint density at radius 2 is 1.83 bits per heavy atom. The van der Waals surface area contributed by atoms with Gasteiger partial charge in [0, 0.05) is 16.2 Å². The summed E-state index contributed by atoms with van der Waals surface area (Å²) in [6.07, 6.45) is 3.88. The Labute approximate surface area is 183 Å². The van der Waals surface area contributed by atoms with E-state index >= 15 is 0 Å². The Kier molecular flexibility index (Phi) is 4.25. The lowest BCUT2D eigenvalue weighted by Gasteiger charge is -2.38. The third kappa shape index (κ3) is 2.63. The topological polar surface area (TPSA) is 57.7 Å². The van der Waals surface area contributed by atoms with Gasteiger partial charge in [-0.15, -0.1) is 11.3 Å². The molecule has 1 aromatic heterocycles. The standard InChI is InChI=1S/C23H21ClN2O3S/c1-23(2,3)26-21(28)17-15-8-6-12-11-13(24)7-9-14(12)25(15)19(18(17)22(26)29)20(27)16-5-4-10-30-16/h4-11,15,17-19H,1-3H3/t15-,17-,18-,19+/m0/s1. The number of amides is 2. The number of rotatable bonds is 2. The van der Waals surface area contributed by atoms with Gasteiger partial charge in [0.05, 0.1) is 22.8 Å². The number of carbonyl (C=O) groups is 3. The van der Waals surface area contributed by atoms with Crippen molar-refractivity contribution in [1.82, 2.24) is 4.90 Å². The monoisotopic (exact) mass is 440 g/mol. The molecule has 3 aliphatic rings. The lowest BCUT2D eigenvalue weighted by molar-refractivity contribution is -0.145. The van der Waals surface area contributed by atoms with Gasteiger partial charge in [-0.25, -0.2) is 0 Å². The van der Waals surface area contributed by atoms with Gasteiger partial charge < -0.3 is 4.90 Å². The number of fused-ring (bicyclic) bond motifs is 5. The molecule has 5 nitrogen and oxygen atoms in total. The SMILES string of the molecule is CC(C)(C)N1C(=O)[C@@H]2[C@H](C1=O)[C@H](C(=O)c1cccs1)N1c3ccc(Cl)cc3C=C[C@@H]21. The molecule has 3 aliphatic heterocycles. The zero-order valence-corrected chi connectivity index (χ0v) is 18.4. The number of thiophene rings is 1. The fourth-order valence-corrected chi connectivity index (χ4v) is 5.95. The van der Waals surface area contributed by atoms with Crippen LogP contribution in [0.1, 0.15) is 36.0 Å². The van der Waals surface area contributed by atoms with E-state index < -0.39 is 23.4 Å². The summed E-state index contributed by atoms with van der Waals surface area (Å²) < 4.78 is 0. The highest BCUT2D eigenvalue weighted by molar-refractivity contribution is 7.12. The van der Waals surface area contributed by atoms with Crippen LogP contribution in [-0.4, -0.2) is 40.1 Å². The molecule has 2 aromatic rings. The van der Waals surface area contributed by atoms with Crippen molar-refractivity contribution in [1.29, 1.82) is 0 Å². The van der Waals surface area contributed by atoms with Crippen LogP contribution in [0.4, 0.5) is 5.69 Å². The Morgan fingerprint density at radius 3 is 2.50 bits per heavy atom. The first kappa shape index (κ1) is 19.5. The average Bonchev–Trinajstić information content (AvgIpc) is 3.37. The number of likely N-dealkylation sites (tertiary alicyclic amines) is 1. The minimum atomic E-state index is -0.729. The zero-order chi connectivity index (χ0) is 21.4. The third-order valence-electron chi connectivity index (χ3n) is 6.17. The number of nitrogens with zero attached hydrogens (tertiary/aromatic N) is 2. The van der Waals surface area contributed by atoms with Crippen LogP contribution in [0.15, 0.2) is 41.8 Å². The second-order valence-corrected chi connectivity index (χ2v) is 10.4. The van der Waals surface area contributed by atoms with Crippen molar-refractivity contribution in [3.8, 4) is 0 Å². The Hall–Kier alpha value is -2.44. The second-order valence-electron chi connectivity index (χ2n) is 8.98. The molecule has 5 rings (SSSR count). The van der Waals surface area contributed by atoms with E-state index in [1.165, 1.54) is 16.2 Å². The summed E-state index contributed by atoms with van der Waals surface area (Å²) >= 11 is 7.54. The Balaban J connectivity index is 1.68. The summed E-state index contributed by atoms with van der Waals surface area (Å²) in [5.41, 5.74) is 1.08. The zero-order valence-electron chi connectivity index (χ0n) is 16.8. The van der Waals surface area contributed by atoms with Crippen LogP contribution in [-0.2, 0) is 9.59 Å². The van der Waals surface area contributed by atoms with Crippen molar-refractivity contribution < 1.29 is 14.4 Å². The Morgan fingerprint density at radius 1 is 1.10 bits per heavy atom. The van der Waals surface area contributed by atoms with Crippen LogP contribution in [0.25, 0.3) is 6.08 Å². The number of halogens is 1. The molecule has 4 heterocycles. The second kappa shape index (κ2) is 6.53. The maximum absolute atomic E-state index is 13.6. The lowest BCUT2D eigenvalue weighted by Crippen LogP contribution is -2.52. The number of benzene rings is 1. The highest BCUT2D eigenvalue weighted by Gasteiger charge is 2.65. The number of anilines is 1. The van der Waals surface area contributed by atoms with Crippen molar-refractivity contribution >= 4 is 52.3 Å². The lowest BCUT2D eigenvalue weighted by atomic mass is 9.87. The van der Waals surface area contributed by atoms with Gasteiger partial charge in [0.2, 0.25) is 11.8 Å². The third-order valence-corrected chi connectivity index (χ3v) is 7.29. The van der Waals surface area contributed by atoms with E-state index in [0.717, 1.165) is 11.3 Å². The first-order valence-corrected chi connectivity index (χ1v) is 11.2. The highest BCUT2D eigenvalue weighted by Crippen LogP contribution is 2.50. The first-order valence-electron chi connectivity index (χ1n) is 9.92. The van der Waals surface area contributed by atoms with Gasteiger partial charge in [-0.3, -0.25) is 19.3 Å². The molecule has 2 amide bonds. The minimum Gasteiger partial charge on any atom is -0.352 e. The van der Waals surface area contributed by atoms with E-state index in [4.69, 9.17) is 11.6 Å². The van der Waals surface area contributed by atoms with Crippen LogP contribution < -0.4 is 4.90 Å². The van der Waals surface area contributed by atoms with Crippen LogP contribution in [0, 0.1) is 11.8 Å². The summed E-state index contributed by atoms with van der Waals surface area (Å²) in [6.45, 7) is 5.56. The van der Waals surface area contributed by atoms with Gasteiger partial charge in [-0.05, 0) is 56.0 Å². The van der Waals surface area contributed by atoms with Crippen molar-refractivity contribution in [3.63, 3.8) is 0 Å². The summed E-state index contributed by atoms with van der Waals surface area (Å²) in [4.78, 5) is 44.5. The van der Waals surface area contributed by atoms with Gasteiger partial charge in [0.15, 0.2) is 5.78 Å². The molecule has 1 aromatic carbocycles. The highest BCUT2D eigenvalue weighted by atomic mass is 35.5. The summed E-state index contributed by atoms with van der Waals surface area (Å²) in [7, 11) is 0. The van der Waals surface area contributed by atoms with Crippen molar-refractivity contribution in [2.45, 2.75) is 38.4 Å². The van der Waals surface area contributed by atoms with E-state index in [9.17, 15) is 14.4 Å². The summed E-state index contributed by atoms with van der Waals surface area (Å²) in [5, 5.41) is 2.45. The van der Waals surface area contributed by atoms with Crippen molar-refractivity contribution in [2.75, 3.05) is 4.90 Å². The maximum Gasteiger partial charge on any atom is 0.236 e. The number of hydrogen-bond donors (Lipinski definition) is 0. The van der Waals surface area contributed by atoms with Crippen LogP contribution in [0.2, 0.25) is 5.02 Å². The summed E-state index contributed by atoms with van der Waals surface area (Å²) in [5.74, 6) is -1.86. The molecule has 7 heteroatoms. The molecule has 0 radical (unpaired) electrons. The molecule has 0 aliphatic carbocycles. The predicted octanol–water partition coefficient (Wildman–Crippen LogP) is 4.27. The van der Waals surface area contributed by atoms with E-state index in [2.05, 4.69) is 0 Å². The van der Waals surface area contributed by atoms with Gasteiger partial charge in [-0.2, -0.15) is 0 Å². The quantitative estimate of drug-likeness (QED) is 0.517. The minimum absolute atomic E-state index is 0.115. The molecule has 4 atom stereocenters. The molecule has 0 bridgehead atoms. The fraction of sp³-hybridized carbons (Fsp3) is 0.348. The van der Waals surface area contributed by atoms with Gasteiger partial charge >= 0.3 is 0 Å². The summed E-state index contributed by atoms with van der Waals surface area (Å²) in [6, 6.07) is 8.03. The van der Waals surface area contributed by atoms with E-state index in [0.29, 0.717) is 9.90 Å². The molecule has 0 N–H and O–H groups in total. The van der Waals surface area contributed by atoms with Gasteiger partial charge in [0.1, 0.15) is 6.04 Å². The van der Waals surface area contributed by atoms with Crippen molar-refractivity contribution in [3.05, 3.63) is 57.3 Å². The number of imide groups is 1. The number of ketones is 1. The number of carbonyl (C=O) groups excluding carboxylic acids is 3. The molecule has 0 saturated carbocycles. The fourth-order valence-electron chi connectivity index (χ4n) is 5.07. The van der Waals surface area contributed by atoms with E-state index in [1.54, 1.807) is 12.1 Å². The Bertz CT molecular complexity index is 1100. The number of Topliss-reactive ketones (excluding diaryl/α,β-unsaturated/α-hetero) is 1. The van der Waals surface area contributed by atoms with E-state index in [1.807, 2.05) is 61.4 Å². The van der Waals surface area contributed by atoms with E-state index in [-0.39, 0.29) is 23.6 Å². The molecule has 154 valence electrons. The van der Waals surface area contributed by atoms with Crippen LogP contribution in [0.3, 0.4) is 0 Å². The molecule has 30 heavy (non-hydrogen) atoms. The van der Waals surface area contributed by atoms with Crippen molar-refractivity contribution in [2.24, 2.45) is 11.8 Å². The largest absolute Gasteiger partial charge is 0.352 e. The van der Waals surface area contributed by atoms with Gasteiger partial charge in [-0.1, -0.05) is 29.8 Å². The average molecular weight is 441 g/mol. The maximum atomic E-state index is 13.6. The van der Waals surface area contributed by atoms with Gasteiger partial charge in [0.25, 0.3) is 0 Å². The smallest absolute Gasteiger partial charge is 0.236 e. The molecule has 0 spiro atoms. The number of hydrogen-bond acceptors (Lipinski definition) is 5. The van der Waals surface area contributed by atoms with Crippen LogP contribution in [0.5, 0.6) is 0 Å². The molecule has 0 unspecified atom stereocenters. The molecular weight excluding hydrogens is 420 g/mol. The normalized spacial score (nSPS) is 27.3. The molecule has 2 fully saturated rings. The molecule has 2 saturated heterocycles. The molecular formula is C23H21ClN2O3S.